The van der Waals surface area contributed by atoms with Crippen molar-refractivity contribution in [3.63, 3.8) is 0 Å². The molecule has 0 aliphatic heterocycles. The highest BCUT2D eigenvalue weighted by Gasteiger charge is 2.10. The first-order valence-electron chi connectivity index (χ1n) is 4.93. The van der Waals surface area contributed by atoms with Crippen LogP contribution in [0.5, 0.6) is 11.6 Å². The zero-order chi connectivity index (χ0) is 13.1. The van der Waals surface area contributed by atoms with E-state index in [-0.39, 0.29) is 11.6 Å². The Kier molecular flexibility index (Phi) is 4.59. The monoisotopic (exact) mass is 393 g/mol. The summed E-state index contributed by atoms with van der Waals surface area (Å²) in [5, 5.41) is 0. The summed E-state index contributed by atoms with van der Waals surface area (Å²) < 4.78 is 20.5. The smallest absolute Gasteiger partial charge is 0.223 e. The second kappa shape index (κ2) is 5.99. The van der Waals surface area contributed by atoms with Crippen LogP contribution >= 0.6 is 43.5 Å². The van der Waals surface area contributed by atoms with Crippen LogP contribution in [-0.2, 0) is 5.88 Å². The lowest BCUT2D eigenvalue weighted by molar-refractivity contribution is 0.423. The Morgan fingerprint density at radius 1 is 1.22 bits per heavy atom. The van der Waals surface area contributed by atoms with E-state index >= 15 is 0 Å². The van der Waals surface area contributed by atoms with E-state index in [1.54, 1.807) is 18.3 Å². The Balaban J connectivity index is 2.33. The van der Waals surface area contributed by atoms with Gasteiger partial charge in [-0.15, -0.1) is 11.6 Å². The summed E-state index contributed by atoms with van der Waals surface area (Å²) >= 11 is 12.3. The van der Waals surface area contributed by atoms with E-state index in [2.05, 4.69) is 36.8 Å². The van der Waals surface area contributed by atoms with Gasteiger partial charge in [-0.25, -0.2) is 9.37 Å². The molecule has 1 aromatic carbocycles. The Morgan fingerprint density at radius 3 is 2.67 bits per heavy atom. The quantitative estimate of drug-likeness (QED) is 0.660. The summed E-state index contributed by atoms with van der Waals surface area (Å²) in [6.07, 6.45) is 1.57. The van der Waals surface area contributed by atoms with Gasteiger partial charge in [-0.1, -0.05) is 15.9 Å². The molecule has 0 saturated heterocycles. The molecular weight excluding hydrogens is 388 g/mol. The van der Waals surface area contributed by atoms with Gasteiger partial charge in [0.05, 0.1) is 5.88 Å². The van der Waals surface area contributed by atoms with E-state index in [9.17, 15) is 4.39 Å². The molecule has 6 heteroatoms. The molecule has 0 fully saturated rings. The largest absolute Gasteiger partial charge is 0.436 e. The molecule has 18 heavy (non-hydrogen) atoms. The molecule has 0 unspecified atom stereocenters. The zero-order valence-electron chi connectivity index (χ0n) is 8.96. The third-order valence-corrected chi connectivity index (χ3v) is 3.35. The maximum absolute atomic E-state index is 13.6. The molecule has 0 aliphatic rings. The van der Waals surface area contributed by atoms with Gasteiger partial charge in [0.15, 0.2) is 11.6 Å². The van der Waals surface area contributed by atoms with Gasteiger partial charge in [-0.05, 0) is 40.2 Å². The molecule has 94 valence electrons. The molecule has 0 radical (unpaired) electrons. The fraction of sp³-hybridized carbons (Fsp3) is 0.0833. The van der Waals surface area contributed by atoms with Crippen molar-refractivity contribution in [2.75, 3.05) is 0 Å². The number of hydrogen-bond donors (Lipinski definition) is 0. The molecule has 0 aliphatic carbocycles. The summed E-state index contributed by atoms with van der Waals surface area (Å²) in [6, 6.07) is 6.33. The number of aromatic nitrogens is 1. The number of pyridine rings is 1. The highest BCUT2D eigenvalue weighted by Crippen LogP contribution is 2.29. The molecular formula is C12H7Br2ClFNO. The zero-order valence-corrected chi connectivity index (χ0v) is 12.9. The second-order valence-corrected chi connectivity index (χ2v) is 5.53. The molecule has 2 nitrogen and oxygen atoms in total. The highest BCUT2D eigenvalue weighted by molar-refractivity contribution is 9.10. The van der Waals surface area contributed by atoms with E-state index in [1.165, 1.54) is 12.1 Å². The van der Waals surface area contributed by atoms with Crippen molar-refractivity contribution in [2.45, 2.75) is 5.88 Å². The lowest BCUT2D eigenvalue weighted by Crippen LogP contribution is -1.95. The normalized spacial score (nSPS) is 10.4. The van der Waals surface area contributed by atoms with Gasteiger partial charge in [0, 0.05) is 20.7 Å². The Labute approximate surface area is 125 Å². The predicted molar refractivity (Wildman–Crippen MR) is 75.7 cm³/mol. The minimum atomic E-state index is -0.463. The van der Waals surface area contributed by atoms with Crippen LogP contribution in [0.4, 0.5) is 4.39 Å². The number of benzene rings is 1. The molecule has 0 bridgehead atoms. The summed E-state index contributed by atoms with van der Waals surface area (Å²) in [6.45, 7) is 0. The minimum absolute atomic E-state index is 0.111. The second-order valence-electron chi connectivity index (χ2n) is 3.43. The van der Waals surface area contributed by atoms with E-state index in [1.807, 2.05) is 0 Å². The first-order chi connectivity index (χ1) is 8.60. The van der Waals surface area contributed by atoms with Crippen LogP contribution in [0.1, 0.15) is 5.56 Å². The van der Waals surface area contributed by atoms with Gasteiger partial charge in [0.25, 0.3) is 0 Å². The first kappa shape index (κ1) is 13.8. The predicted octanol–water partition coefficient (Wildman–Crippen LogP) is 5.28. The standard InChI is InChI=1S/C12H7Br2ClFNO/c13-8-1-2-11(10(16)4-8)18-12-7(5-15)3-9(14)6-17-12/h1-4,6H,5H2. The van der Waals surface area contributed by atoms with Crippen LogP contribution in [0, 0.1) is 5.82 Å². The number of alkyl halides is 1. The number of halogens is 4. The van der Waals surface area contributed by atoms with Crippen LogP contribution in [-0.4, -0.2) is 4.98 Å². The Morgan fingerprint density at radius 2 is 2.00 bits per heavy atom. The summed E-state index contributed by atoms with van der Waals surface area (Å²) in [7, 11) is 0. The SMILES string of the molecule is Fc1cc(Br)ccc1Oc1ncc(Br)cc1CCl. The van der Waals surface area contributed by atoms with Crippen molar-refractivity contribution in [1.82, 2.24) is 4.98 Å². The van der Waals surface area contributed by atoms with Gasteiger partial charge < -0.3 is 4.74 Å². The van der Waals surface area contributed by atoms with Crippen molar-refractivity contribution < 1.29 is 9.13 Å². The molecule has 2 rings (SSSR count). The topological polar surface area (TPSA) is 22.1 Å². The van der Waals surface area contributed by atoms with E-state index < -0.39 is 5.82 Å². The summed E-state index contributed by atoms with van der Waals surface area (Å²) in [5.41, 5.74) is 0.688. The third-order valence-electron chi connectivity index (χ3n) is 2.14. The molecule has 1 heterocycles. The van der Waals surface area contributed by atoms with Crippen molar-refractivity contribution in [1.29, 1.82) is 0 Å². The fourth-order valence-corrected chi connectivity index (χ4v) is 2.22. The van der Waals surface area contributed by atoms with Gasteiger partial charge in [0.1, 0.15) is 0 Å². The number of rotatable bonds is 3. The van der Waals surface area contributed by atoms with E-state index in [0.717, 1.165) is 4.47 Å². The van der Waals surface area contributed by atoms with Crippen molar-refractivity contribution in [3.8, 4) is 11.6 Å². The van der Waals surface area contributed by atoms with Gasteiger partial charge >= 0.3 is 0 Å². The number of nitrogens with zero attached hydrogens (tertiary/aromatic N) is 1. The van der Waals surface area contributed by atoms with Crippen LogP contribution in [0.25, 0.3) is 0 Å². The molecule has 0 N–H and O–H groups in total. The average Bonchev–Trinajstić information content (AvgIpc) is 2.34. The van der Waals surface area contributed by atoms with Crippen LogP contribution in [0.15, 0.2) is 39.4 Å². The summed E-state index contributed by atoms with van der Waals surface area (Å²) in [4.78, 5) is 4.08. The Hall–Kier alpha value is -0.650. The lowest BCUT2D eigenvalue weighted by Gasteiger charge is -2.09. The molecule has 0 atom stereocenters. The number of hydrogen-bond acceptors (Lipinski definition) is 2. The molecule has 0 spiro atoms. The van der Waals surface area contributed by atoms with Crippen LogP contribution in [0.2, 0.25) is 0 Å². The summed E-state index contributed by atoms with van der Waals surface area (Å²) in [5.74, 6) is 0.184. The van der Waals surface area contributed by atoms with Crippen LogP contribution < -0.4 is 4.74 Å². The van der Waals surface area contributed by atoms with Gasteiger partial charge in [-0.2, -0.15) is 0 Å². The molecule has 0 amide bonds. The van der Waals surface area contributed by atoms with Crippen molar-refractivity contribution >= 4 is 43.5 Å². The number of ether oxygens (including phenoxy) is 1. The minimum Gasteiger partial charge on any atom is -0.436 e. The van der Waals surface area contributed by atoms with E-state index in [4.69, 9.17) is 16.3 Å². The van der Waals surface area contributed by atoms with Crippen LogP contribution in [0.3, 0.4) is 0 Å². The van der Waals surface area contributed by atoms with Crippen molar-refractivity contribution in [3.05, 3.63) is 50.8 Å². The first-order valence-corrected chi connectivity index (χ1v) is 7.05. The van der Waals surface area contributed by atoms with Crippen molar-refractivity contribution in [2.24, 2.45) is 0 Å². The third kappa shape index (κ3) is 3.22. The lowest BCUT2D eigenvalue weighted by atomic mass is 10.3. The molecule has 2 aromatic rings. The Bertz CT molecular complexity index is 580. The average molecular weight is 395 g/mol. The van der Waals surface area contributed by atoms with E-state index in [0.29, 0.717) is 15.9 Å². The maximum Gasteiger partial charge on any atom is 0.223 e. The maximum atomic E-state index is 13.6. The van der Waals surface area contributed by atoms with Gasteiger partial charge in [-0.3, -0.25) is 0 Å². The molecule has 0 saturated carbocycles. The fourth-order valence-electron chi connectivity index (χ4n) is 1.32. The highest BCUT2D eigenvalue weighted by atomic mass is 79.9. The molecule has 1 aromatic heterocycles. The van der Waals surface area contributed by atoms with Gasteiger partial charge in [0.2, 0.25) is 5.88 Å².